The van der Waals surface area contributed by atoms with Gasteiger partial charge in [0.2, 0.25) is 0 Å². The molecule has 7 nitrogen and oxygen atoms in total. The summed E-state index contributed by atoms with van der Waals surface area (Å²) in [4.78, 5) is 23.2. The first-order valence-corrected chi connectivity index (χ1v) is 10.0. The highest BCUT2D eigenvalue weighted by Gasteiger charge is 2.65. The molecule has 188 valence electrons. The van der Waals surface area contributed by atoms with Crippen molar-refractivity contribution in [3.05, 3.63) is 87.6 Å². The molecule has 0 aliphatic carbocycles. The lowest BCUT2D eigenvalue weighted by molar-refractivity contribution is -0.587. The molecule has 0 saturated carbocycles. The van der Waals surface area contributed by atoms with Gasteiger partial charge in [0.05, 0.1) is 11.5 Å². The number of nitrogens with one attached hydrogen (secondary N) is 1. The average molecular weight is 504 g/mol. The van der Waals surface area contributed by atoms with Crippen molar-refractivity contribution < 1.29 is 45.9 Å². The summed E-state index contributed by atoms with van der Waals surface area (Å²) in [7, 11) is 0. The highest BCUT2D eigenvalue weighted by Crippen LogP contribution is 2.48. The molecule has 1 aliphatic rings. The third kappa shape index (κ3) is 5.84. The molecule has 0 bridgehead atoms. The molecule has 1 heterocycles. The first-order valence-electron chi connectivity index (χ1n) is 10.0. The van der Waals surface area contributed by atoms with Crippen LogP contribution in [0.4, 0.5) is 26.3 Å². The molecule has 1 aliphatic heterocycles. The van der Waals surface area contributed by atoms with Crippen LogP contribution in [0.5, 0.6) is 5.75 Å². The minimum atomic E-state index is -5.08. The molecule has 2 aromatic rings. The normalized spacial score (nSPS) is 22.6. The third-order valence-corrected chi connectivity index (χ3v) is 5.65. The number of carboxylic acid groups (broad SMARTS) is 1. The van der Waals surface area contributed by atoms with E-state index in [4.69, 9.17) is 0 Å². The van der Waals surface area contributed by atoms with Crippen LogP contribution >= 0.6 is 0 Å². The lowest BCUT2D eigenvalue weighted by Gasteiger charge is -2.43. The fraction of sp³-hybridized carbons (Fsp3) is 0.318. The van der Waals surface area contributed by atoms with E-state index < -0.39 is 58.7 Å². The molecule has 0 aromatic heterocycles. The molecule has 35 heavy (non-hydrogen) atoms. The number of carbonyl (C=O) groups is 1. The lowest BCUT2D eigenvalue weighted by atomic mass is 9.66. The number of hydrogen-bond donors (Lipinski definition) is 2. The van der Waals surface area contributed by atoms with Crippen molar-refractivity contribution in [3.8, 4) is 5.75 Å². The van der Waals surface area contributed by atoms with Crippen LogP contribution in [-0.4, -0.2) is 40.1 Å². The minimum Gasteiger partial charge on any atom is -0.478 e. The highest BCUT2D eigenvalue weighted by atomic mass is 19.4. The Labute approximate surface area is 194 Å². The second kappa shape index (κ2) is 9.47. The van der Waals surface area contributed by atoms with Gasteiger partial charge in [-0.25, -0.2) is 4.79 Å². The number of halogens is 6. The van der Waals surface area contributed by atoms with Crippen LogP contribution in [0.1, 0.15) is 23.5 Å². The van der Waals surface area contributed by atoms with E-state index in [1.165, 1.54) is 0 Å². The van der Waals surface area contributed by atoms with Crippen LogP contribution < -0.4 is 10.1 Å². The summed E-state index contributed by atoms with van der Waals surface area (Å²) in [6.45, 7) is 0. The molecular weight excluding hydrogens is 486 g/mol. The van der Waals surface area contributed by atoms with E-state index in [0.29, 0.717) is 5.56 Å². The summed E-state index contributed by atoms with van der Waals surface area (Å²) >= 11 is 0. The largest absolute Gasteiger partial charge is 0.573 e. The molecular formula is C22H18F6N2O5. The fourth-order valence-electron chi connectivity index (χ4n) is 4.33. The van der Waals surface area contributed by atoms with E-state index in [1.807, 2.05) is 0 Å². The molecule has 3 atom stereocenters. The number of aliphatic carboxylic acids is 1. The van der Waals surface area contributed by atoms with Gasteiger partial charge in [0, 0.05) is 11.1 Å². The molecule has 3 rings (SSSR count). The van der Waals surface area contributed by atoms with E-state index in [-0.39, 0.29) is 12.0 Å². The average Bonchev–Trinajstić information content (AvgIpc) is 2.73. The van der Waals surface area contributed by atoms with Gasteiger partial charge in [0.25, 0.3) is 5.54 Å². The molecule has 0 amide bonds. The number of nitrogens with zero attached hydrogens (tertiary/aromatic N) is 1. The Bertz CT molecular complexity index is 1100. The van der Waals surface area contributed by atoms with Crippen molar-refractivity contribution >= 4 is 5.97 Å². The van der Waals surface area contributed by atoms with Crippen LogP contribution in [0.15, 0.2) is 66.4 Å². The molecule has 0 spiro atoms. The number of hydrogen-bond acceptors (Lipinski definition) is 5. The highest BCUT2D eigenvalue weighted by molar-refractivity contribution is 5.89. The lowest BCUT2D eigenvalue weighted by Crippen LogP contribution is -2.64. The van der Waals surface area contributed by atoms with Gasteiger partial charge < -0.3 is 15.2 Å². The molecule has 13 heteroatoms. The third-order valence-electron chi connectivity index (χ3n) is 5.65. The zero-order valence-electron chi connectivity index (χ0n) is 17.6. The predicted octanol–water partition coefficient (Wildman–Crippen LogP) is 4.82. The van der Waals surface area contributed by atoms with Crippen molar-refractivity contribution in [2.75, 3.05) is 0 Å². The summed E-state index contributed by atoms with van der Waals surface area (Å²) in [5.41, 5.74) is -3.50. The number of carboxylic acids is 1. The Morgan fingerprint density at radius 2 is 1.66 bits per heavy atom. The molecule has 2 N–H and O–H groups in total. The van der Waals surface area contributed by atoms with Gasteiger partial charge in [-0.3, -0.25) is 10.1 Å². The van der Waals surface area contributed by atoms with Crippen LogP contribution in [0, 0.1) is 10.1 Å². The van der Waals surface area contributed by atoms with E-state index in [0.717, 1.165) is 30.5 Å². The Hall–Kier alpha value is -3.77. The summed E-state index contributed by atoms with van der Waals surface area (Å²) in [5, 5.41) is 24.6. The summed E-state index contributed by atoms with van der Waals surface area (Å²) in [6.07, 6.45) is -11.5. The zero-order chi connectivity index (χ0) is 26.0. The van der Waals surface area contributed by atoms with Gasteiger partial charge >= 0.3 is 18.5 Å². The van der Waals surface area contributed by atoms with E-state index in [2.05, 4.69) is 10.1 Å². The second-order valence-corrected chi connectivity index (χ2v) is 7.90. The van der Waals surface area contributed by atoms with Gasteiger partial charge in [-0.2, -0.15) is 13.2 Å². The molecule has 0 radical (unpaired) electrons. The Morgan fingerprint density at radius 3 is 2.14 bits per heavy atom. The molecule has 2 aromatic carbocycles. The molecule has 0 saturated heterocycles. The second-order valence-electron chi connectivity index (χ2n) is 7.90. The molecule has 0 fully saturated rings. The Kier molecular flexibility index (Phi) is 6.99. The standard InChI is InChI=1S/C22H18F6N2O5/c23-21(24,25)12-20(30(33)34)17(10-13-4-2-1-3-5-13)29-11-16(19(31)32)18(20)14-6-8-15(9-7-14)35-22(26,27)28/h1-9,11,17-18,29H,10,12H2,(H,31,32). The summed E-state index contributed by atoms with van der Waals surface area (Å²) in [5.74, 6) is -4.39. The smallest absolute Gasteiger partial charge is 0.478 e. The van der Waals surface area contributed by atoms with Gasteiger partial charge in [0.15, 0.2) is 0 Å². The minimum absolute atomic E-state index is 0.257. The number of benzene rings is 2. The SMILES string of the molecule is O=C(O)C1=CNC(Cc2ccccc2)C(CC(F)(F)F)([N+](=O)[O-])C1c1ccc(OC(F)(F)F)cc1. The van der Waals surface area contributed by atoms with E-state index in [1.54, 1.807) is 30.3 Å². The quantitative estimate of drug-likeness (QED) is 0.319. The van der Waals surface area contributed by atoms with Crippen LogP contribution in [0.25, 0.3) is 0 Å². The van der Waals surface area contributed by atoms with Gasteiger partial charge in [0.1, 0.15) is 18.2 Å². The molecule has 3 unspecified atom stereocenters. The van der Waals surface area contributed by atoms with Crippen molar-refractivity contribution in [2.45, 2.75) is 42.9 Å². The number of ether oxygens (including phenoxy) is 1. The maximum atomic E-state index is 13.8. The Morgan fingerprint density at radius 1 is 1.06 bits per heavy atom. The van der Waals surface area contributed by atoms with Gasteiger partial charge in [-0.15, -0.1) is 13.2 Å². The topological polar surface area (TPSA) is 102 Å². The summed E-state index contributed by atoms with van der Waals surface area (Å²) in [6, 6.07) is 9.71. The van der Waals surface area contributed by atoms with E-state index in [9.17, 15) is 46.4 Å². The first kappa shape index (κ1) is 25.8. The maximum Gasteiger partial charge on any atom is 0.573 e. The number of nitro groups is 1. The first-order chi connectivity index (χ1) is 16.2. The maximum absolute atomic E-state index is 13.8. The Balaban J connectivity index is 2.20. The van der Waals surface area contributed by atoms with Gasteiger partial charge in [-0.1, -0.05) is 42.5 Å². The van der Waals surface area contributed by atoms with Crippen LogP contribution in [-0.2, 0) is 11.2 Å². The van der Waals surface area contributed by atoms with Gasteiger partial charge in [-0.05, 0) is 29.7 Å². The monoisotopic (exact) mass is 504 g/mol. The number of rotatable bonds is 7. The van der Waals surface area contributed by atoms with Crippen LogP contribution in [0.2, 0.25) is 0 Å². The zero-order valence-corrected chi connectivity index (χ0v) is 17.6. The predicted molar refractivity (Wildman–Crippen MR) is 109 cm³/mol. The number of alkyl halides is 6. The van der Waals surface area contributed by atoms with Crippen molar-refractivity contribution in [1.82, 2.24) is 5.32 Å². The van der Waals surface area contributed by atoms with Crippen molar-refractivity contribution in [3.63, 3.8) is 0 Å². The van der Waals surface area contributed by atoms with E-state index >= 15 is 0 Å². The fourth-order valence-corrected chi connectivity index (χ4v) is 4.33. The summed E-state index contributed by atoms with van der Waals surface area (Å²) < 4.78 is 82.6. The van der Waals surface area contributed by atoms with Crippen molar-refractivity contribution in [2.24, 2.45) is 0 Å². The van der Waals surface area contributed by atoms with Crippen molar-refractivity contribution in [1.29, 1.82) is 0 Å². The van der Waals surface area contributed by atoms with Crippen LogP contribution in [0.3, 0.4) is 0 Å².